The van der Waals surface area contributed by atoms with E-state index in [4.69, 9.17) is 5.73 Å². The minimum atomic E-state index is 0. The van der Waals surface area contributed by atoms with E-state index < -0.39 is 0 Å². The van der Waals surface area contributed by atoms with Crippen molar-refractivity contribution in [2.45, 2.75) is 39.2 Å². The van der Waals surface area contributed by atoms with Crippen molar-refractivity contribution in [1.82, 2.24) is 4.98 Å². The minimum absolute atomic E-state index is 0. The summed E-state index contributed by atoms with van der Waals surface area (Å²) in [5.41, 5.74) is 9.76. The van der Waals surface area contributed by atoms with Crippen LogP contribution in [-0.4, -0.2) is 10.1 Å². The zero-order valence-corrected chi connectivity index (χ0v) is 13.6. The Hall–Kier alpha value is -1.58. The van der Waals surface area contributed by atoms with Crippen LogP contribution < -0.4 is 5.73 Å². The van der Waals surface area contributed by atoms with Gasteiger partial charge in [0.05, 0.1) is 0 Å². The van der Waals surface area contributed by atoms with E-state index in [0.29, 0.717) is 18.7 Å². The Kier molecular flexibility index (Phi) is 5.76. The number of hydrogen-bond donors (Lipinski definition) is 2. The molecule has 0 bridgehead atoms. The van der Waals surface area contributed by atoms with Crippen LogP contribution in [0.25, 0.3) is 0 Å². The maximum Gasteiger partial charge on any atom is 0.123 e. The molecule has 0 radical (unpaired) electrons. The molecule has 0 saturated heterocycles. The van der Waals surface area contributed by atoms with Gasteiger partial charge in [-0.3, -0.25) is 4.98 Å². The molecule has 0 unspecified atom stereocenters. The fourth-order valence-electron chi connectivity index (χ4n) is 2.21. The van der Waals surface area contributed by atoms with Gasteiger partial charge in [-0.2, -0.15) is 0 Å². The lowest BCUT2D eigenvalue weighted by atomic mass is 9.84. The highest BCUT2D eigenvalue weighted by molar-refractivity contribution is 5.85. The van der Waals surface area contributed by atoms with Crippen LogP contribution in [0.2, 0.25) is 0 Å². The number of aromatic nitrogens is 1. The Labute approximate surface area is 132 Å². The second kappa shape index (κ2) is 6.92. The van der Waals surface area contributed by atoms with Crippen molar-refractivity contribution in [3.05, 3.63) is 58.9 Å². The number of rotatable bonds is 3. The molecule has 0 fully saturated rings. The number of benzene rings is 1. The molecule has 1 heterocycles. The molecular weight excluding hydrogens is 284 g/mol. The standard InChI is InChI=1S/C17H22N2O.ClH/c1-17(2,3)15-8-13(16(20)14(9-15)10-18)7-12-5-4-6-19-11-12;/h4-6,8-9,11,20H,7,10,18H2,1-3H3;1H. The number of nitrogens with two attached hydrogens (primary N) is 1. The van der Waals surface area contributed by atoms with Gasteiger partial charge in [0.2, 0.25) is 0 Å². The third-order valence-corrected chi connectivity index (χ3v) is 3.47. The van der Waals surface area contributed by atoms with Gasteiger partial charge in [0.1, 0.15) is 5.75 Å². The number of aromatic hydroxyl groups is 1. The zero-order valence-electron chi connectivity index (χ0n) is 12.8. The van der Waals surface area contributed by atoms with E-state index in [1.165, 1.54) is 5.56 Å². The molecule has 1 aromatic heterocycles. The van der Waals surface area contributed by atoms with E-state index in [9.17, 15) is 5.11 Å². The van der Waals surface area contributed by atoms with Crippen LogP contribution >= 0.6 is 12.4 Å². The van der Waals surface area contributed by atoms with Crippen LogP contribution in [-0.2, 0) is 18.4 Å². The van der Waals surface area contributed by atoms with Gasteiger partial charge < -0.3 is 10.8 Å². The highest BCUT2D eigenvalue weighted by Crippen LogP contribution is 2.32. The summed E-state index contributed by atoms with van der Waals surface area (Å²) in [4.78, 5) is 4.12. The molecule has 2 rings (SSSR count). The first-order valence-electron chi connectivity index (χ1n) is 6.86. The molecule has 0 spiro atoms. The van der Waals surface area contributed by atoms with Gasteiger partial charge in [0.15, 0.2) is 0 Å². The second-order valence-corrected chi connectivity index (χ2v) is 6.14. The molecule has 3 N–H and O–H groups in total. The van der Waals surface area contributed by atoms with Gasteiger partial charge in [0.25, 0.3) is 0 Å². The first-order valence-corrected chi connectivity index (χ1v) is 6.86. The summed E-state index contributed by atoms with van der Waals surface area (Å²) < 4.78 is 0. The average molecular weight is 307 g/mol. The third kappa shape index (κ3) is 4.19. The molecule has 0 amide bonds. The van der Waals surface area contributed by atoms with Crippen molar-refractivity contribution < 1.29 is 5.11 Å². The van der Waals surface area contributed by atoms with Crippen molar-refractivity contribution in [3.63, 3.8) is 0 Å². The largest absolute Gasteiger partial charge is 0.507 e. The van der Waals surface area contributed by atoms with Crippen molar-refractivity contribution >= 4 is 12.4 Å². The Morgan fingerprint density at radius 1 is 1.19 bits per heavy atom. The predicted octanol–water partition coefficient (Wildman–Crippen LogP) is 3.56. The van der Waals surface area contributed by atoms with E-state index in [2.05, 4.69) is 31.8 Å². The van der Waals surface area contributed by atoms with E-state index in [-0.39, 0.29) is 17.8 Å². The Morgan fingerprint density at radius 2 is 1.86 bits per heavy atom. The summed E-state index contributed by atoms with van der Waals surface area (Å²) in [6.07, 6.45) is 4.24. The topological polar surface area (TPSA) is 59.1 Å². The molecule has 0 saturated carbocycles. The van der Waals surface area contributed by atoms with E-state index in [0.717, 1.165) is 16.7 Å². The summed E-state index contributed by atoms with van der Waals surface area (Å²) >= 11 is 0. The van der Waals surface area contributed by atoms with Gasteiger partial charge in [-0.15, -0.1) is 12.4 Å². The number of nitrogens with zero attached hydrogens (tertiary/aromatic N) is 1. The Morgan fingerprint density at radius 3 is 2.38 bits per heavy atom. The van der Waals surface area contributed by atoms with Crippen molar-refractivity contribution in [2.75, 3.05) is 0 Å². The number of pyridine rings is 1. The molecule has 1 aromatic carbocycles. The first kappa shape index (κ1) is 17.5. The number of phenolic OH excluding ortho intramolecular Hbond substituents is 1. The molecule has 3 nitrogen and oxygen atoms in total. The van der Waals surface area contributed by atoms with Crippen molar-refractivity contribution in [2.24, 2.45) is 5.73 Å². The Bertz CT molecular complexity index is 592. The van der Waals surface area contributed by atoms with Crippen LogP contribution in [0.5, 0.6) is 5.75 Å². The Balaban J connectivity index is 0.00000220. The molecule has 0 atom stereocenters. The maximum absolute atomic E-state index is 10.3. The number of halogens is 1. The van der Waals surface area contributed by atoms with Gasteiger partial charge in [-0.1, -0.05) is 39.0 Å². The molecule has 2 aromatic rings. The lowest BCUT2D eigenvalue weighted by molar-refractivity contribution is 0.460. The molecule has 4 heteroatoms. The second-order valence-electron chi connectivity index (χ2n) is 6.14. The van der Waals surface area contributed by atoms with Crippen LogP contribution in [0.1, 0.15) is 43.0 Å². The van der Waals surface area contributed by atoms with Crippen molar-refractivity contribution in [1.29, 1.82) is 0 Å². The summed E-state index contributed by atoms with van der Waals surface area (Å²) in [6, 6.07) is 7.99. The van der Waals surface area contributed by atoms with E-state index >= 15 is 0 Å². The van der Waals surface area contributed by atoms with E-state index in [1.807, 2.05) is 24.4 Å². The summed E-state index contributed by atoms with van der Waals surface area (Å²) in [6.45, 7) is 6.82. The summed E-state index contributed by atoms with van der Waals surface area (Å²) in [5, 5.41) is 10.3. The monoisotopic (exact) mass is 306 g/mol. The fourth-order valence-corrected chi connectivity index (χ4v) is 2.21. The predicted molar refractivity (Wildman–Crippen MR) is 89.0 cm³/mol. The van der Waals surface area contributed by atoms with Crippen molar-refractivity contribution in [3.8, 4) is 5.75 Å². The van der Waals surface area contributed by atoms with Gasteiger partial charge in [-0.05, 0) is 28.2 Å². The van der Waals surface area contributed by atoms with Crippen LogP contribution in [0, 0.1) is 0 Å². The maximum atomic E-state index is 10.3. The van der Waals surface area contributed by atoms with Gasteiger partial charge in [-0.25, -0.2) is 0 Å². The number of phenols is 1. The zero-order chi connectivity index (χ0) is 14.8. The molecular formula is C17H23ClN2O. The SMILES string of the molecule is CC(C)(C)c1cc(CN)c(O)c(Cc2cccnc2)c1.Cl. The lowest BCUT2D eigenvalue weighted by Crippen LogP contribution is -2.13. The third-order valence-electron chi connectivity index (χ3n) is 3.47. The normalized spacial score (nSPS) is 11.0. The summed E-state index contributed by atoms with van der Waals surface area (Å²) in [5.74, 6) is 0.310. The van der Waals surface area contributed by atoms with Crippen LogP contribution in [0.3, 0.4) is 0 Å². The summed E-state index contributed by atoms with van der Waals surface area (Å²) in [7, 11) is 0. The number of hydrogen-bond acceptors (Lipinski definition) is 3. The average Bonchev–Trinajstić information content (AvgIpc) is 2.41. The highest BCUT2D eigenvalue weighted by atomic mass is 35.5. The fraction of sp³-hybridized carbons (Fsp3) is 0.353. The van der Waals surface area contributed by atoms with Crippen LogP contribution in [0.4, 0.5) is 0 Å². The first-order chi connectivity index (χ1) is 9.41. The lowest BCUT2D eigenvalue weighted by Gasteiger charge is -2.22. The molecule has 0 aliphatic rings. The minimum Gasteiger partial charge on any atom is -0.507 e. The molecule has 21 heavy (non-hydrogen) atoms. The highest BCUT2D eigenvalue weighted by Gasteiger charge is 2.18. The molecule has 0 aliphatic carbocycles. The van der Waals surface area contributed by atoms with Crippen LogP contribution in [0.15, 0.2) is 36.7 Å². The smallest absolute Gasteiger partial charge is 0.123 e. The van der Waals surface area contributed by atoms with Gasteiger partial charge >= 0.3 is 0 Å². The molecule has 0 aliphatic heterocycles. The van der Waals surface area contributed by atoms with E-state index in [1.54, 1.807) is 6.20 Å². The van der Waals surface area contributed by atoms with Gasteiger partial charge in [0, 0.05) is 30.9 Å². The quantitative estimate of drug-likeness (QED) is 0.911. The molecule has 114 valence electrons.